The van der Waals surface area contributed by atoms with Crippen molar-refractivity contribution in [3.63, 3.8) is 0 Å². The summed E-state index contributed by atoms with van der Waals surface area (Å²) in [6.07, 6.45) is 7.19. The molecule has 0 spiro atoms. The average molecular weight is 270 g/mol. The molecule has 0 aromatic heterocycles. The fraction of sp³-hybridized carbons (Fsp3) is 0.632. The number of rotatable bonds is 1. The summed E-state index contributed by atoms with van der Waals surface area (Å²) in [4.78, 5) is 12.9. The smallest absolute Gasteiger partial charge is 0.166 e. The van der Waals surface area contributed by atoms with Crippen molar-refractivity contribution >= 4 is 5.78 Å². The maximum Gasteiger partial charge on any atom is 0.166 e. The Kier molecular flexibility index (Phi) is 3.96. The molecule has 0 amide bonds. The van der Waals surface area contributed by atoms with Gasteiger partial charge in [-0.15, -0.1) is 0 Å². The lowest BCUT2D eigenvalue weighted by molar-refractivity contribution is 0.0783. The van der Waals surface area contributed by atoms with Crippen molar-refractivity contribution in [2.75, 3.05) is 0 Å². The molecule has 0 saturated heterocycles. The van der Waals surface area contributed by atoms with Crippen LogP contribution in [0.15, 0.2) is 24.3 Å². The van der Waals surface area contributed by atoms with Gasteiger partial charge in [0.05, 0.1) is 0 Å². The van der Waals surface area contributed by atoms with E-state index in [-0.39, 0.29) is 5.92 Å². The number of carbonyl (C=O) groups excluding carboxylic acids is 1. The molecular formula is C19H26O. The van der Waals surface area contributed by atoms with E-state index in [1.807, 2.05) is 12.1 Å². The highest BCUT2D eigenvalue weighted by molar-refractivity contribution is 5.99. The molecular weight excluding hydrogens is 244 g/mol. The van der Waals surface area contributed by atoms with Crippen LogP contribution in [0.4, 0.5) is 0 Å². The third kappa shape index (κ3) is 2.68. The highest BCUT2D eigenvalue weighted by atomic mass is 16.1. The van der Waals surface area contributed by atoms with Gasteiger partial charge in [0.1, 0.15) is 0 Å². The molecule has 2 aliphatic carbocycles. The minimum Gasteiger partial charge on any atom is -0.294 e. The van der Waals surface area contributed by atoms with Gasteiger partial charge in [0, 0.05) is 11.5 Å². The van der Waals surface area contributed by atoms with Gasteiger partial charge in [-0.25, -0.2) is 0 Å². The van der Waals surface area contributed by atoms with Crippen LogP contribution in [0.3, 0.4) is 0 Å². The van der Waals surface area contributed by atoms with Gasteiger partial charge in [0.2, 0.25) is 0 Å². The van der Waals surface area contributed by atoms with Crippen LogP contribution in [0.25, 0.3) is 0 Å². The van der Waals surface area contributed by atoms with Gasteiger partial charge < -0.3 is 0 Å². The predicted molar refractivity (Wildman–Crippen MR) is 82.9 cm³/mol. The van der Waals surface area contributed by atoms with Gasteiger partial charge in [0.25, 0.3) is 0 Å². The third-order valence-corrected chi connectivity index (χ3v) is 5.36. The number of carbonyl (C=O) groups is 1. The highest BCUT2D eigenvalue weighted by Crippen LogP contribution is 2.41. The summed E-state index contributed by atoms with van der Waals surface area (Å²) in [7, 11) is 0. The van der Waals surface area contributed by atoms with Gasteiger partial charge in [-0.2, -0.15) is 0 Å². The lowest BCUT2D eigenvalue weighted by Gasteiger charge is -2.35. The minimum atomic E-state index is 0.281. The Balaban J connectivity index is 1.85. The molecule has 0 N–H and O–H groups in total. The molecule has 1 nitrogen and oxygen atoms in total. The van der Waals surface area contributed by atoms with Gasteiger partial charge >= 0.3 is 0 Å². The Morgan fingerprint density at radius 2 is 1.70 bits per heavy atom. The van der Waals surface area contributed by atoms with E-state index in [9.17, 15) is 4.79 Å². The SMILES string of the molecule is CC1CC(C)CC(C2CCCc3ccccc3C2=O)C1. The summed E-state index contributed by atoms with van der Waals surface area (Å²) >= 11 is 0. The molecule has 1 heteroatoms. The molecule has 3 rings (SSSR count). The van der Waals surface area contributed by atoms with Crippen molar-refractivity contribution in [1.29, 1.82) is 0 Å². The van der Waals surface area contributed by atoms with Crippen molar-refractivity contribution in [3.8, 4) is 0 Å². The summed E-state index contributed by atoms with van der Waals surface area (Å²) in [6, 6.07) is 8.27. The second-order valence-corrected chi connectivity index (χ2v) is 7.20. The third-order valence-electron chi connectivity index (χ3n) is 5.36. The zero-order valence-corrected chi connectivity index (χ0v) is 12.8. The maximum absolute atomic E-state index is 12.9. The Labute approximate surface area is 122 Å². The topological polar surface area (TPSA) is 17.1 Å². The summed E-state index contributed by atoms with van der Waals surface area (Å²) in [6.45, 7) is 4.72. The molecule has 20 heavy (non-hydrogen) atoms. The number of fused-ring (bicyclic) bond motifs is 1. The number of Topliss-reactive ketones (excluding diaryl/α,β-unsaturated/α-hetero) is 1. The average Bonchev–Trinajstić information content (AvgIpc) is 2.58. The van der Waals surface area contributed by atoms with E-state index in [4.69, 9.17) is 0 Å². The van der Waals surface area contributed by atoms with E-state index in [1.165, 1.54) is 31.2 Å². The Bertz CT molecular complexity index is 480. The summed E-state index contributed by atoms with van der Waals surface area (Å²) < 4.78 is 0. The normalized spacial score (nSPS) is 34.4. The van der Waals surface area contributed by atoms with Crippen LogP contribution in [-0.2, 0) is 6.42 Å². The standard InChI is InChI=1S/C19H26O/c1-13-10-14(2)12-16(11-13)18-9-5-7-15-6-3-4-8-17(15)19(18)20/h3-4,6,8,13-14,16,18H,5,7,9-12H2,1-2H3. The molecule has 0 heterocycles. The molecule has 1 aromatic rings. The fourth-order valence-electron chi connectivity index (χ4n) is 4.61. The second-order valence-electron chi connectivity index (χ2n) is 7.20. The molecule has 3 unspecified atom stereocenters. The second kappa shape index (κ2) is 5.71. The van der Waals surface area contributed by atoms with Crippen LogP contribution in [0.2, 0.25) is 0 Å². The van der Waals surface area contributed by atoms with Crippen LogP contribution in [0, 0.1) is 23.7 Å². The summed E-state index contributed by atoms with van der Waals surface area (Å²) in [5, 5.41) is 0. The van der Waals surface area contributed by atoms with Gasteiger partial charge in [-0.05, 0) is 61.8 Å². The number of benzene rings is 1. The monoisotopic (exact) mass is 270 g/mol. The zero-order chi connectivity index (χ0) is 14.1. The molecule has 1 aromatic carbocycles. The summed E-state index contributed by atoms with van der Waals surface area (Å²) in [5.74, 6) is 2.91. The quantitative estimate of drug-likeness (QED) is 0.664. The molecule has 1 fully saturated rings. The molecule has 2 aliphatic rings. The van der Waals surface area contributed by atoms with Crippen LogP contribution < -0.4 is 0 Å². The molecule has 108 valence electrons. The summed E-state index contributed by atoms with van der Waals surface area (Å²) in [5.41, 5.74) is 2.29. The Morgan fingerprint density at radius 3 is 2.45 bits per heavy atom. The largest absolute Gasteiger partial charge is 0.294 e. The van der Waals surface area contributed by atoms with Gasteiger partial charge in [-0.1, -0.05) is 38.1 Å². The maximum atomic E-state index is 12.9. The van der Waals surface area contributed by atoms with Crippen LogP contribution in [0.1, 0.15) is 61.9 Å². The van der Waals surface area contributed by atoms with Crippen LogP contribution in [-0.4, -0.2) is 5.78 Å². The lowest BCUT2D eigenvalue weighted by Crippen LogP contribution is -2.30. The number of aryl methyl sites for hydroxylation is 1. The molecule has 0 bridgehead atoms. The number of hydrogen-bond donors (Lipinski definition) is 0. The molecule has 0 radical (unpaired) electrons. The van der Waals surface area contributed by atoms with Crippen LogP contribution >= 0.6 is 0 Å². The van der Waals surface area contributed by atoms with Crippen LogP contribution in [0.5, 0.6) is 0 Å². The van der Waals surface area contributed by atoms with Crippen molar-refractivity contribution in [2.45, 2.75) is 52.4 Å². The van der Waals surface area contributed by atoms with E-state index in [0.29, 0.717) is 11.7 Å². The van der Waals surface area contributed by atoms with E-state index < -0.39 is 0 Å². The predicted octanol–water partition coefficient (Wildman–Crippen LogP) is 4.89. The van der Waals surface area contributed by atoms with Crippen molar-refractivity contribution < 1.29 is 4.79 Å². The van der Waals surface area contributed by atoms with Gasteiger partial charge in [0.15, 0.2) is 5.78 Å². The van der Waals surface area contributed by atoms with Crippen molar-refractivity contribution in [2.24, 2.45) is 23.7 Å². The first-order valence-electron chi connectivity index (χ1n) is 8.27. The van der Waals surface area contributed by atoms with Crippen molar-refractivity contribution in [1.82, 2.24) is 0 Å². The molecule has 3 atom stereocenters. The molecule has 0 aliphatic heterocycles. The highest BCUT2D eigenvalue weighted by Gasteiger charge is 2.35. The number of ketones is 1. The van der Waals surface area contributed by atoms with E-state index in [1.54, 1.807) is 0 Å². The first-order valence-corrected chi connectivity index (χ1v) is 8.27. The van der Waals surface area contributed by atoms with E-state index in [0.717, 1.165) is 30.2 Å². The minimum absolute atomic E-state index is 0.281. The Hall–Kier alpha value is -1.11. The fourth-order valence-corrected chi connectivity index (χ4v) is 4.61. The zero-order valence-electron chi connectivity index (χ0n) is 12.8. The Morgan fingerprint density at radius 1 is 1.00 bits per heavy atom. The number of hydrogen-bond acceptors (Lipinski definition) is 1. The van der Waals surface area contributed by atoms with Crippen molar-refractivity contribution in [3.05, 3.63) is 35.4 Å². The first kappa shape index (κ1) is 13.9. The lowest BCUT2D eigenvalue weighted by atomic mass is 9.69. The van der Waals surface area contributed by atoms with E-state index in [2.05, 4.69) is 26.0 Å². The first-order chi connectivity index (χ1) is 9.65. The molecule has 1 saturated carbocycles. The van der Waals surface area contributed by atoms with E-state index >= 15 is 0 Å². The van der Waals surface area contributed by atoms with Gasteiger partial charge in [-0.3, -0.25) is 4.79 Å².